The average Bonchev–Trinajstić information content (AvgIpc) is 2.32. The molecular weight excluding hydrogens is 277 g/mol. The van der Waals surface area contributed by atoms with Crippen LogP contribution in [0.25, 0.3) is 0 Å². The van der Waals surface area contributed by atoms with Crippen molar-refractivity contribution in [1.82, 2.24) is 0 Å². The number of hydrogen-bond acceptors (Lipinski definition) is 4. The molecule has 1 aromatic rings. The summed E-state index contributed by atoms with van der Waals surface area (Å²) in [5, 5.41) is 23.1. The van der Waals surface area contributed by atoms with Crippen LogP contribution in [0.3, 0.4) is 0 Å². The topological polar surface area (TPSA) is 75.4 Å². The fourth-order valence-electron chi connectivity index (χ4n) is 2.06. The fraction of sp³-hybridized carbons (Fsp3) is 0.500. The Kier molecular flexibility index (Phi) is 3.59. The number of benzene rings is 1. The molecule has 8 heteroatoms. The summed E-state index contributed by atoms with van der Waals surface area (Å²) >= 11 is 0. The number of nitro benzene ring substituents is 1. The molecule has 0 heterocycles. The largest absolute Gasteiger partial charge is 0.423 e. The summed E-state index contributed by atoms with van der Waals surface area (Å²) in [7, 11) is 0. The first-order chi connectivity index (χ1) is 9.21. The van der Waals surface area contributed by atoms with E-state index < -0.39 is 28.0 Å². The second-order valence-corrected chi connectivity index (χ2v) is 4.92. The highest BCUT2D eigenvalue weighted by Gasteiger charge is 2.39. The van der Waals surface area contributed by atoms with E-state index in [1.54, 1.807) is 0 Å². The van der Waals surface area contributed by atoms with Crippen LogP contribution in [0.2, 0.25) is 0 Å². The number of rotatable bonds is 4. The van der Waals surface area contributed by atoms with E-state index in [1.807, 2.05) is 0 Å². The Morgan fingerprint density at radius 3 is 2.50 bits per heavy atom. The average molecular weight is 290 g/mol. The molecule has 1 aromatic carbocycles. The Bertz CT molecular complexity index is 527. The number of nitrogens with one attached hydrogen (secondary N) is 1. The lowest BCUT2D eigenvalue weighted by molar-refractivity contribution is -0.388. The molecule has 0 amide bonds. The van der Waals surface area contributed by atoms with E-state index in [0.717, 1.165) is 12.5 Å². The van der Waals surface area contributed by atoms with E-state index in [9.17, 15) is 28.4 Å². The highest BCUT2D eigenvalue weighted by atomic mass is 19.4. The van der Waals surface area contributed by atoms with Gasteiger partial charge >= 0.3 is 6.18 Å². The molecule has 5 nitrogen and oxygen atoms in total. The summed E-state index contributed by atoms with van der Waals surface area (Å²) in [4.78, 5) is 9.53. The number of aliphatic hydroxyl groups is 1. The number of anilines is 1. The van der Waals surface area contributed by atoms with E-state index in [2.05, 4.69) is 5.32 Å². The Morgan fingerprint density at radius 2 is 2.05 bits per heavy atom. The van der Waals surface area contributed by atoms with Crippen molar-refractivity contribution in [3.05, 3.63) is 33.9 Å². The molecule has 110 valence electrons. The molecule has 1 saturated carbocycles. The van der Waals surface area contributed by atoms with E-state index in [1.165, 1.54) is 6.07 Å². The lowest BCUT2D eigenvalue weighted by Gasteiger charge is -2.36. The van der Waals surface area contributed by atoms with E-state index >= 15 is 0 Å². The Balaban J connectivity index is 2.21. The van der Waals surface area contributed by atoms with Crippen molar-refractivity contribution in [3.63, 3.8) is 0 Å². The first-order valence-corrected chi connectivity index (χ1v) is 6.03. The molecule has 0 saturated heterocycles. The van der Waals surface area contributed by atoms with E-state index in [-0.39, 0.29) is 12.2 Å². The van der Waals surface area contributed by atoms with Gasteiger partial charge in [0.05, 0.1) is 10.5 Å². The monoisotopic (exact) mass is 290 g/mol. The first kappa shape index (κ1) is 14.6. The summed E-state index contributed by atoms with van der Waals surface area (Å²) in [6.07, 6.45) is -2.72. The molecule has 0 aliphatic heterocycles. The first-order valence-electron chi connectivity index (χ1n) is 6.03. The molecule has 0 spiro atoms. The van der Waals surface area contributed by atoms with Gasteiger partial charge < -0.3 is 10.4 Å². The number of halogens is 3. The number of alkyl halides is 3. The van der Waals surface area contributed by atoms with Crippen LogP contribution in [0.4, 0.5) is 24.5 Å². The zero-order valence-electron chi connectivity index (χ0n) is 10.4. The molecular formula is C12H13F3N2O3. The number of nitro groups is 1. The van der Waals surface area contributed by atoms with Crippen LogP contribution in [0.5, 0.6) is 0 Å². The lowest BCUT2D eigenvalue weighted by Crippen LogP contribution is -2.43. The maximum Gasteiger partial charge on any atom is 0.423 e. The molecule has 0 aromatic heterocycles. The number of nitrogens with zero attached hydrogens (tertiary/aromatic N) is 1. The molecule has 2 rings (SSSR count). The molecule has 1 fully saturated rings. The third kappa shape index (κ3) is 3.01. The Morgan fingerprint density at radius 1 is 1.40 bits per heavy atom. The molecule has 1 aliphatic carbocycles. The third-order valence-electron chi connectivity index (χ3n) is 3.40. The number of hydrogen-bond donors (Lipinski definition) is 2. The SMILES string of the molecule is O=[N+]([O-])c1ccc(NCC2(O)CCC2)cc1C(F)(F)F. The minimum Gasteiger partial charge on any atom is -0.388 e. The van der Waals surface area contributed by atoms with Gasteiger partial charge in [-0.05, 0) is 31.4 Å². The van der Waals surface area contributed by atoms with Gasteiger partial charge in [-0.25, -0.2) is 0 Å². The van der Waals surface area contributed by atoms with Gasteiger partial charge in [0.1, 0.15) is 5.56 Å². The molecule has 2 N–H and O–H groups in total. The summed E-state index contributed by atoms with van der Waals surface area (Å²) in [6.45, 7) is 0.127. The smallest absolute Gasteiger partial charge is 0.388 e. The van der Waals surface area contributed by atoms with Crippen molar-refractivity contribution in [1.29, 1.82) is 0 Å². The third-order valence-corrected chi connectivity index (χ3v) is 3.40. The quantitative estimate of drug-likeness (QED) is 0.660. The highest BCUT2D eigenvalue weighted by Crippen LogP contribution is 2.38. The van der Waals surface area contributed by atoms with E-state index in [4.69, 9.17) is 0 Å². The molecule has 0 atom stereocenters. The van der Waals surface area contributed by atoms with Crippen LogP contribution in [0.1, 0.15) is 24.8 Å². The second kappa shape index (κ2) is 4.93. The van der Waals surface area contributed by atoms with Gasteiger partial charge in [-0.1, -0.05) is 0 Å². The van der Waals surface area contributed by atoms with Crippen molar-refractivity contribution in [2.75, 3.05) is 11.9 Å². The van der Waals surface area contributed by atoms with Crippen molar-refractivity contribution < 1.29 is 23.2 Å². The van der Waals surface area contributed by atoms with Crippen molar-refractivity contribution in [2.24, 2.45) is 0 Å². The molecule has 0 bridgehead atoms. The van der Waals surface area contributed by atoms with Crippen molar-refractivity contribution in [3.8, 4) is 0 Å². The lowest BCUT2D eigenvalue weighted by atomic mass is 9.80. The van der Waals surface area contributed by atoms with Gasteiger partial charge in [0.2, 0.25) is 0 Å². The molecule has 0 unspecified atom stereocenters. The van der Waals surface area contributed by atoms with Crippen LogP contribution < -0.4 is 5.32 Å². The normalized spacial score (nSPS) is 17.4. The maximum atomic E-state index is 12.8. The highest BCUT2D eigenvalue weighted by molar-refractivity contribution is 5.55. The van der Waals surface area contributed by atoms with Crippen LogP contribution >= 0.6 is 0 Å². The van der Waals surface area contributed by atoms with Gasteiger partial charge in [-0.2, -0.15) is 13.2 Å². The molecule has 0 radical (unpaired) electrons. The zero-order valence-corrected chi connectivity index (χ0v) is 10.4. The van der Waals surface area contributed by atoms with Crippen molar-refractivity contribution in [2.45, 2.75) is 31.0 Å². The molecule has 1 aliphatic rings. The van der Waals surface area contributed by atoms with Gasteiger partial charge in [-0.15, -0.1) is 0 Å². The fourth-order valence-corrected chi connectivity index (χ4v) is 2.06. The standard InChI is InChI=1S/C12H13F3N2O3/c13-12(14,15)9-6-8(2-3-10(9)17(19)20)16-7-11(18)4-1-5-11/h2-3,6,16,18H,1,4-5,7H2. The summed E-state index contributed by atoms with van der Waals surface area (Å²) in [5.41, 5.74) is -3.07. The molecule has 20 heavy (non-hydrogen) atoms. The minimum atomic E-state index is -4.80. The summed E-state index contributed by atoms with van der Waals surface area (Å²) < 4.78 is 38.3. The van der Waals surface area contributed by atoms with E-state index in [0.29, 0.717) is 18.9 Å². The Labute approximate surface area is 112 Å². The van der Waals surface area contributed by atoms with Crippen molar-refractivity contribution >= 4 is 11.4 Å². The summed E-state index contributed by atoms with van der Waals surface area (Å²) in [5.74, 6) is 0. The Hall–Kier alpha value is -1.83. The predicted molar refractivity (Wildman–Crippen MR) is 65.4 cm³/mol. The van der Waals surface area contributed by atoms with Crippen LogP contribution in [0.15, 0.2) is 18.2 Å². The zero-order chi connectivity index (χ0) is 15.0. The van der Waals surface area contributed by atoms with Crippen LogP contribution in [0, 0.1) is 10.1 Å². The predicted octanol–water partition coefficient (Wildman–Crippen LogP) is 2.94. The summed E-state index contributed by atoms with van der Waals surface area (Å²) in [6, 6.07) is 2.71. The van der Waals surface area contributed by atoms with Crippen LogP contribution in [-0.4, -0.2) is 22.2 Å². The maximum absolute atomic E-state index is 12.8. The van der Waals surface area contributed by atoms with Gasteiger partial charge in [0, 0.05) is 18.3 Å². The van der Waals surface area contributed by atoms with Gasteiger partial charge in [0.15, 0.2) is 0 Å². The minimum absolute atomic E-state index is 0.100. The van der Waals surface area contributed by atoms with Gasteiger partial charge in [-0.3, -0.25) is 10.1 Å². The van der Waals surface area contributed by atoms with Gasteiger partial charge in [0.25, 0.3) is 5.69 Å². The second-order valence-electron chi connectivity index (χ2n) is 4.92. The van der Waals surface area contributed by atoms with Crippen LogP contribution in [-0.2, 0) is 6.18 Å².